The van der Waals surface area contributed by atoms with Crippen molar-refractivity contribution in [2.24, 2.45) is 0 Å². The van der Waals surface area contributed by atoms with E-state index < -0.39 is 17.8 Å². The van der Waals surface area contributed by atoms with E-state index in [0.717, 1.165) is 0 Å². The minimum Gasteiger partial charge on any atom is -0.505 e. The van der Waals surface area contributed by atoms with Gasteiger partial charge >= 0.3 is 5.97 Å². The van der Waals surface area contributed by atoms with Crippen LogP contribution < -0.4 is 14.2 Å². The summed E-state index contributed by atoms with van der Waals surface area (Å²) in [6.45, 7) is 3.77. The Bertz CT molecular complexity index is 1050. The highest BCUT2D eigenvalue weighted by Crippen LogP contribution is 2.56. The molecule has 31 heavy (non-hydrogen) atoms. The van der Waals surface area contributed by atoms with Crippen molar-refractivity contribution in [1.29, 1.82) is 0 Å². The third-order valence-electron chi connectivity index (χ3n) is 4.95. The van der Waals surface area contributed by atoms with Crippen molar-refractivity contribution in [3.63, 3.8) is 0 Å². The molecule has 0 fully saturated rings. The van der Waals surface area contributed by atoms with Crippen LogP contribution in [-0.4, -0.2) is 25.3 Å². The minimum atomic E-state index is -0.664. The number of phenolic OH excluding ortho intramolecular Hbond substituents is 1. The molecular formula is C21H20Cl4O6. The number of esters is 1. The highest BCUT2D eigenvalue weighted by molar-refractivity contribution is 6.40. The number of rotatable bonds is 7. The molecule has 6 nitrogen and oxygen atoms in total. The highest BCUT2D eigenvalue weighted by atomic mass is 35.5. The number of phenols is 1. The Morgan fingerprint density at radius 3 is 2.10 bits per heavy atom. The minimum absolute atomic E-state index is 0.0345. The SMILES string of the molecule is CCCc1c(Cl)c(OC)c(Cl)c(OC)c1Oc1c(Cl)c(O)c(Cl)c2c1C(=O)O[C@@H]2CC. The van der Waals surface area contributed by atoms with Crippen LogP contribution in [0, 0.1) is 0 Å². The van der Waals surface area contributed by atoms with Crippen LogP contribution in [0.15, 0.2) is 0 Å². The van der Waals surface area contributed by atoms with Gasteiger partial charge in [0.15, 0.2) is 28.7 Å². The lowest BCUT2D eigenvalue weighted by Gasteiger charge is -2.21. The molecule has 3 rings (SSSR count). The standard InChI is InChI=1S/C21H20Cl4O6/c1-5-7-8-12(22)19(28-3)15(25)20(29-4)17(8)31-18-11-10(9(6-2)30-21(11)27)13(23)16(26)14(18)24/h9,26H,5-7H2,1-4H3/t9-/m1/s1. The van der Waals surface area contributed by atoms with E-state index in [1.54, 1.807) is 0 Å². The van der Waals surface area contributed by atoms with Crippen molar-refractivity contribution in [1.82, 2.24) is 0 Å². The fourth-order valence-electron chi connectivity index (χ4n) is 3.53. The molecule has 1 aliphatic heterocycles. The summed E-state index contributed by atoms with van der Waals surface area (Å²) in [6, 6.07) is 0. The maximum atomic E-state index is 12.7. The predicted octanol–water partition coefficient (Wildman–Crippen LogP) is 7.39. The van der Waals surface area contributed by atoms with Crippen molar-refractivity contribution in [2.75, 3.05) is 14.2 Å². The Kier molecular flexibility index (Phi) is 7.26. The van der Waals surface area contributed by atoms with Crippen LogP contribution in [-0.2, 0) is 11.2 Å². The second-order valence-corrected chi connectivity index (χ2v) is 8.26. The fourth-order valence-corrected chi connectivity index (χ4v) is 4.85. The number of methoxy groups -OCH3 is 2. The number of carbonyl (C=O) groups excluding carboxylic acids is 1. The topological polar surface area (TPSA) is 74.2 Å². The molecule has 10 heteroatoms. The second-order valence-electron chi connectivity index (χ2n) is 6.75. The van der Waals surface area contributed by atoms with Crippen LogP contribution in [0.2, 0.25) is 20.1 Å². The van der Waals surface area contributed by atoms with Crippen LogP contribution in [0.4, 0.5) is 0 Å². The summed E-state index contributed by atoms with van der Waals surface area (Å²) < 4.78 is 22.3. The lowest BCUT2D eigenvalue weighted by molar-refractivity contribution is 0.0377. The van der Waals surface area contributed by atoms with Gasteiger partial charge in [0, 0.05) is 11.1 Å². The molecule has 1 atom stereocenters. The zero-order chi connectivity index (χ0) is 23.0. The Labute approximate surface area is 199 Å². The third-order valence-corrected chi connectivity index (χ3v) is 6.43. The molecule has 0 radical (unpaired) electrons. The van der Waals surface area contributed by atoms with E-state index in [1.165, 1.54) is 14.2 Å². The van der Waals surface area contributed by atoms with Crippen molar-refractivity contribution in [2.45, 2.75) is 39.2 Å². The average Bonchev–Trinajstić information content (AvgIpc) is 3.08. The number of carbonyl (C=O) groups is 1. The van der Waals surface area contributed by atoms with Crippen molar-refractivity contribution >= 4 is 52.4 Å². The Morgan fingerprint density at radius 1 is 0.903 bits per heavy atom. The molecule has 0 spiro atoms. The van der Waals surface area contributed by atoms with Gasteiger partial charge in [-0.3, -0.25) is 0 Å². The summed E-state index contributed by atoms with van der Waals surface area (Å²) in [5, 5.41) is 10.5. The van der Waals surface area contributed by atoms with Gasteiger partial charge in [-0.05, 0) is 12.8 Å². The number of halogens is 4. The maximum absolute atomic E-state index is 12.7. The first-order valence-electron chi connectivity index (χ1n) is 9.47. The first-order valence-corrected chi connectivity index (χ1v) is 11.0. The van der Waals surface area contributed by atoms with E-state index in [0.29, 0.717) is 30.4 Å². The predicted molar refractivity (Wildman–Crippen MR) is 120 cm³/mol. The van der Waals surface area contributed by atoms with E-state index in [9.17, 15) is 9.90 Å². The fraction of sp³-hybridized carbons (Fsp3) is 0.381. The van der Waals surface area contributed by atoms with Crippen molar-refractivity contribution < 1.29 is 28.8 Å². The van der Waals surface area contributed by atoms with Crippen LogP contribution in [0.3, 0.4) is 0 Å². The molecule has 0 unspecified atom stereocenters. The molecule has 2 aromatic carbocycles. The van der Waals surface area contributed by atoms with Gasteiger partial charge in [0.25, 0.3) is 0 Å². The first-order chi connectivity index (χ1) is 14.7. The molecule has 2 aromatic rings. The molecule has 0 aromatic heterocycles. The van der Waals surface area contributed by atoms with Crippen LogP contribution >= 0.6 is 46.4 Å². The Balaban J connectivity index is 2.33. The van der Waals surface area contributed by atoms with Gasteiger partial charge in [0.05, 0.1) is 24.3 Å². The molecule has 1 N–H and O–H groups in total. The van der Waals surface area contributed by atoms with E-state index >= 15 is 0 Å². The van der Waals surface area contributed by atoms with Gasteiger partial charge in [0.1, 0.15) is 21.7 Å². The van der Waals surface area contributed by atoms with Gasteiger partial charge in [0.2, 0.25) is 0 Å². The van der Waals surface area contributed by atoms with Gasteiger partial charge in [-0.25, -0.2) is 4.79 Å². The molecular weight excluding hydrogens is 490 g/mol. The third kappa shape index (κ3) is 3.84. The van der Waals surface area contributed by atoms with Crippen molar-refractivity contribution in [3.05, 3.63) is 36.8 Å². The monoisotopic (exact) mass is 508 g/mol. The highest BCUT2D eigenvalue weighted by Gasteiger charge is 2.40. The second kappa shape index (κ2) is 9.41. The number of fused-ring (bicyclic) bond motifs is 1. The van der Waals surface area contributed by atoms with Crippen LogP contribution in [0.25, 0.3) is 0 Å². The number of ether oxygens (including phenoxy) is 4. The molecule has 0 amide bonds. The molecule has 168 valence electrons. The van der Waals surface area contributed by atoms with Gasteiger partial charge in [-0.1, -0.05) is 66.7 Å². The van der Waals surface area contributed by atoms with Gasteiger partial charge in [-0.2, -0.15) is 0 Å². The van der Waals surface area contributed by atoms with E-state index in [-0.39, 0.29) is 48.7 Å². The first kappa shape index (κ1) is 23.9. The van der Waals surface area contributed by atoms with Crippen LogP contribution in [0.1, 0.15) is 54.3 Å². The zero-order valence-electron chi connectivity index (χ0n) is 17.2. The van der Waals surface area contributed by atoms with Crippen LogP contribution in [0.5, 0.6) is 28.7 Å². The molecule has 0 aliphatic carbocycles. The number of hydrogen-bond acceptors (Lipinski definition) is 6. The lowest BCUT2D eigenvalue weighted by Crippen LogP contribution is -2.04. The zero-order valence-corrected chi connectivity index (χ0v) is 20.2. The summed E-state index contributed by atoms with van der Waals surface area (Å²) >= 11 is 25.6. The summed E-state index contributed by atoms with van der Waals surface area (Å²) in [4.78, 5) is 12.7. The summed E-state index contributed by atoms with van der Waals surface area (Å²) in [6.07, 6.45) is 1.01. The van der Waals surface area contributed by atoms with E-state index in [2.05, 4.69) is 0 Å². The normalized spacial score (nSPS) is 15.0. The lowest BCUT2D eigenvalue weighted by atomic mass is 10.0. The average molecular weight is 510 g/mol. The summed E-state index contributed by atoms with van der Waals surface area (Å²) in [7, 11) is 2.84. The maximum Gasteiger partial charge on any atom is 0.343 e. The summed E-state index contributed by atoms with van der Waals surface area (Å²) in [5.74, 6) is -0.676. The van der Waals surface area contributed by atoms with Gasteiger partial charge < -0.3 is 24.1 Å². The molecule has 1 heterocycles. The van der Waals surface area contributed by atoms with E-state index in [1.807, 2.05) is 13.8 Å². The largest absolute Gasteiger partial charge is 0.505 e. The molecule has 0 saturated heterocycles. The van der Waals surface area contributed by atoms with Crippen molar-refractivity contribution in [3.8, 4) is 28.7 Å². The quantitative estimate of drug-likeness (QED) is 0.392. The summed E-state index contributed by atoms with van der Waals surface area (Å²) in [5.41, 5.74) is 0.889. The van der Waals surface area contributed by atoms with E-state index in [4.69, 9.17) is 65.4 Å². The molecule has 0 bridgehead atoms. The Hall–Kier alpha value is -1.73. The number of hydrogen-bond donors (Lipinski definition) is 1. The smallest absolute Gasteiger partial charge is 0.343 e. The molecule has 1 aliphatic rings. The Morgan fingerprint density at radius 2 is 1.55 bits per heavy atom. The number of aromatic hydroxyl groups is 1. The number of benzene rings is 2. The van der Waals surface area contributed by atoms with Gasteiger partial charge in [-0.15, -0.1) is 0 Å². The molecule has 0 saturated carbocycles. The number of cyclic esters (lactones) is 1.